The summed E-state index contributed by atoms with van der Waals surface area (Å²) >= 11 is 1.03. The van der Waals surface area contributed by atoms with Gasteiger partial charge in [-0.2, -0.15) is 5.26 Å². The van der Waals surface area contributed by atoms with Crippen molar-refractivity contribution in [3.05, 3.63) is 12.7 Å². The Bertz CT molecular complexity index is 518. The van der Waals surface area contributed by atoms with Crippen molar-refractivity contribution < 1.29 is 14.4 Å². The molecule has 2 rings (SSSR count). The number of hydrogen-bond acceptors (Lipinski definition) is 5. The average molecular weight is 306 g/mol. The first kappa shape index (κ1) is 15.8. The summed E-state index contributed by atoms with van der Waals surface area (Å²) in [5, 5.41) is 11.3. The van der Waals surface area contributed by atoms with Crippen LogP contribution in [0.2, 0.25) is 0 Å². The first-order valence-electron chi connectivity index (χ1n) is 7.08. The SMILES string of the molecule is C=CCSC(=O)[C@@H]1C(=O)NC(=O)[C@@H](C#N)C12CCCCC2. The molecular formula is C15H18N2O3S. The summed E-state index contributed by atoms with van der Waals surface area (Å²) in [6.45, 7) is 3.56. The average Bonchev–Trinajstić information content (AvgIpc) is 2.46. The third-order valence-corrected chi connectivity index (χ3v) is 5.34. The zero-order chi connectivity index (χ0) is 15.5. The van der Waals surface area contributed by atoms with E-state index >= 15 is 0 Å². The summed E-state index contributed by atoms with van der Waals surface area (Å²) in [5.74, 6) is -2.51. The van der Waals surface area contributed by atoms with Crippen LogP contribution in [-0.2, 0) is 14.4 Å². The maximum absolute atomic E-state index is 12.4. The quantitative estimate of drug-likeness (QED) is 0.488. The molecule has 0 aromatic carbocycles. The van der Waals surface area contributed by atoms with Crippen molar-refractivity contribution in [1.82, 2.24) is 5.32 Å². The molecule has 112 valence electrons. The van der Waals surface area contributed by atoms with Crippen molar-refractivity contribution in [2.24, 2.45) is 17.3 Å². The monoisotopic (exact) mass is 306 g/mol. The molecule has 1 aliphatic carbocycles. The Kier molecular flexibility index (Phi) is 4.84. The van der Waals surface area contributed by atoms with Crippen molar-refractivity contribution in [3.8, 4) is 6.07 Å². The van der Waals surface area contributed by atoms with Crippen molar-refractivity contribution in [1.29, 1.82) is 5.26 Å². The van der Waals surface area contributed by atoms with Gasteiger partial charge in [0.15, 0.2) is 0 Å². The smallest absolute Gasteiger partial charge is 0.244 e. The Morgan fingerprint density at radius 1 is 1.38 bits per heavy atom. The zero-order valence-electron chi connectivity index (χ0n) is 11.8. The molecule has 2 amide bonds. The number of carbonyl (C=O) groups is 3. The van der Waals surface area contributed by atoms with Gasteiger partial charge in [0.1, 0.15) is 11.8 Å². The van der Waals surface area contributed by atoms with Crippen molar-refractivity contribution in [3.63, 3.8) is 0 Å². The van der Waals surface area contributed by atoms with Crippen LogP contribution in [0, 0.1) is 28.6 Å². The number of rotatable bonds is 3. The van der Waals surface area contributed by atoms with E-state index < -0.39 is 29.1 Å². The van der Waals surface area contributed by atoms with E-state index in [-0.39, 0.29) is 5.12 Å². The first-order valence-corrected chi connectivity index (χ1v) is 8.07. The molecule has 5 nitrogen and oxygen atoms in total. The normalized spacial score (nSPS) is 27.8. The number of nitrogens with one attached hydrogen (secondary N) is 1. The minimum absolute atomic E-state index is 0.262. The minimum Gasteiger partial charge on any atom is -0.295 e. The predicted molar refractivity (Wildman–Crippen MR) is 78.9 cm³/mol. The highest BCUT2D eigenvalue weighted by molar-refractivity contribution is 8.13. The van der Waals surface area contributed by atoms with E-state index in [1.807, 2.05) is 6.07 Å². The summed E-state index contributed by atoms with van der Waals surface area (Å²) in [5.41, 5.74) is -0.822. The number of thioether (sulfide) groups is 1. The van der Waals surface area contributed by atoms with Gasteiger partial charge in [0.05, 0.1) is 6.07 Å². The number of carbonyl (C=O) groups excluding carboxylic acids is 3. The van der Waals surface area contributed by atoms with Crippen LogP contribution in [0.3, 0.4) is 0 Å². The van der Waals surface area contributed by atoms with Crippen LogP contribution < -0.4 is 5.32 Å². The number of nitriles is 1. The molecule has 1 saturated carbocycles. The number of nitrogens with zero attached hydrogens (tertiary/aromatic N) is 1. The molecule has 1 saturated heterocycles. The number of imide groups is 1. The lowest BCUT2D eigenvalue weighted by Gasteiger charge is -2.46. The van der Waals surface area contributed by atoms with Crippen LogP contribution in [0.15, 0.2) is 12.7 Å². The van der Waals surface area contributed by atoms with Gasteiger partial charge in [-0.25, -0.2) is 0 Å². The van der Waals surface area contributed by atoms with Crippen molar-refractivity contribution in [2.45, 2.75) is 32.1 Å². The van der Waals surface area contributed by atoms with E-state index in [2.05, 4.69) is 11.9 Å². The van der Waals surface area contributed by atoms with Crippen LogP contribution in [0.25, 0.3) is 0 Å². The summed E-state index contributed by atoms with van der Waals surface area (Å²) in [6, 6.07) is 2.03. The highest BCUT2D eigenvalue weighted by Crippen LogP contribution is 2.51. The van der Waals surface area contributed by atoms with E-state index in [0.717, 1.165) is 31.0 Å². The maximum atomic E-state index is 12.4. The fourth-order valence-electron chi connectivity index (χ4n) is 3.50. The molecule has 0 unspecified atom stereocenters. The van der Waals surface area contributed by atoms with E-state index in [4.69, 9.17) is 0 Å². The van der Waals surface area contributed by atoms with Gasteiger partial charge in [-0.05, 0) is 12.8 Å². The lowest BCUT2D eigenvalue weighted by molar-refractivity contribution is -0.152. The van der Waals surface area contributed by atoms with Gasteiger partial charge in [-0.1, -0.05) is 37.1 Å². The molecule has 1 N–H and O–H groups in total. The van der Waals surface area contributed by atoms with Crippen LogP contribution in [-0.4, -0.2) is 22.7 Å². The molecule has 0 aromatic heterocycles. The fraction of sp³-hybridized carbons (Fsp3) is 0.600. The molecule has 2 atom stereocenters. The number of hydrogen-bond donors (Lipinski definition) is 1. The van der Waals surface area contributed by atoms with Gasteiger partial charge in [-0.3, -0.25) is 19.7 Å². The third-order valence-electron chi connectivity index (χ3n) is 4.41. The number of amides is 2. The maximum Gasteiger partial charge on any atom is 0.244 e. The Labute approximate surface area is 128 Å². The minimum atomic E-state index is -0.922. The second-order valence-electron chi connectivity index (χ2n) is 5.56. The molecule has 1 spiro atoms. The largest absolute Gasteiger partial charge is 0.295 e. The van der Waals surface area contributed by atoms with E-state index in [1.54, 1.807) is 6.08 Å². The standard InChI is InChI=1S/C15H18N2O3S/c1-2-8-21-14(20)11-13(19)17-12(18)10(9-16)15(11)6-4-3-5-7-15/h2,10-11H,1,3-8H2,(H,17,18,19)/t10-,11+/m1/s1. The summed E-state index contributed by atoms with van der Waals surface area (Å²) in [7, 11) is 0. The van der Waals surface area contributed by atoms with Crippen molar-refractivity contribution in [2.75, 3.05) is 5.75 Å². The summed E-state index contributed by atoms with van der Waals surface area (Å²) < 4.78 is 0. The van der Waals surface area contributed by atoms with Gasteiger partial charge in [0.25, 0.3) is 0 Å². The molecule has 0 aromatic rings. The van der Waals surface area contributed by atoms with Crippen LogP contribution in [0.1, 0.15) is 32.1 Å². The second-order valence-corrected chi connectivity index (χ2v) is 6.59. The molecule has 1 heterocycles. The van der Waals surface area contributed by atoms with E-state index in [0.29, 0.717) is 18.6 Å². The highest BCUT2D eigenvalue weighted by atomic mass is 32.2. The van der Waals surface area contributed by atoms with Crippen LogP contribution in [0.4, 0.5) is 0 Å². The third kappa shape index (κ3) is 2.75. The van der Waals surface area contributed by atoms with Gasteiger partial charge < -0.3 is 0 Å². The van der Waals surface area contributed by atoms with Gasteiger partial charge in [0, 0.05) is 11.2 Å². The van der Waals surface area contributed by atoms with Gasteiger partial charge in [-0.15, -0.1) is 6.58 Å². The molecule has 2 fully saturated rings. The highest BCUT2D eigenvalue weighted by Gasteiger charge is 2.58. The van der Waals surface area contributed by atoms with E-state index in [9.17, 15) is 19.6 Å². The second kappa shape index (κ2) is 6.44. The van der Waals surface area contributed by atoms with Gasteiger partial charge >= 0.3 is 0 Å². The van der Waals surface area contributed by atoms with E-state index in [1.165, 1.54) is 0 Å². The summed E-state index contributed by atoms with van der Waals surface area (Å²) in [6.07, 6.45) is 5.45. The lowest BCUT2D eigenvalue weighted by atomic mass is 9.57. The Balaban J connectivity index is 2.39. The molecule has 0 radical (unpaired) electrons. The Hall–Kier alpha value is -1.61. The topological polar surface area (TPSA) is 87.0 Å². The summed E-state index contributed by atoms with van der Waals surface area (Å²) in [4.78, 5) is 36.7. The molecule has 6 heteroatoms. The first-order chi connectivity index (χ1) is 10.1. The predicted octanol–water partition coefficient (Wildman–Crippen LogP) is 1.80. The number of piperidine rings is 1. The molecule has 1 aliphatic heterocycles. The zero-order valence-corrected chi connectivity index (χ0v) is 12.6. The van der Waals surface area contributed by atoms with Crippen molar-refractivity contribution >= 4 is 28.7 Å². The fourth-order valence-corrected chi connectivity index (χ4v) is 4.29. The Morgan fingerprint density at radius 3 is 2.62 bits per heavy atom. The van der Waals surface area contributed by atoms with Crippen LogP contribution >= 0.6 is 11.8 Å². The van der Waals surface area contributed by atoms with Crippen LogP contribution in [0.5, 0.6) is 0 Å². The van der Waals surface area contributed by atoms with Gasteiger partial charge in [0.2, 0.25) is 16.9 Å². The molecule has 2 aliphatic rings. The molecule has 0 bridgehead atoms. The Morgan fingerprint density at radius 2 is 2.05 bits per heavy atom. The molecular weight excluding hydrogens is 288 g/mol. The molecule has 21 heavy (non-hydrogen) atoms. The lowest BCUT2D eigenvalue weighted by Crippen LogP contribution is -2.60.